The monoisotopic (exact) mass is 561 g/mol. The molecule has 0 radical (unpaired) electrons. The zero-order valence-corrected chi connectivity index (χ0v) is 23.7. The van der Waals surface area contributed by atoms with Gasteiger partial charge in [0.1, 0.15) is 5.75 Å². The van der Waals surface area contributed by atoms with Crippen LogP contribution in [0.4, 0.5) is 0 Å². The van der Waals surface area contributed by atoms with E-state index in [1.807, 2.05) is 0 Å². The van der Waals surface area contributed by atoms with Gasteiger partial charge < -0.3 is 28.4 Å². The number of ether oxygens (including phenoxy) is 6. The first-order chi connectivity index (χ1) is 19.7. The van der Waals surface area contributed by atoms with Crippen molar-refractivity contribution in [3.8, 4) is 23.0 Å². The number of methoxy groups -OCH3 is 4. The molecule has 0 saturated carbocycles. The molecular weight excluding hydrogens is 530 g/mol. The number of benzene rings is 3. The summed E-state index contributed by atoms with van der Waals surface area (Å²) < 4.78 is 34.0. The molecule has 10 heteroatoms. The number of carbonyl (C=O) groups excluding carboxylic acids is 3. The first kappa shape index (κ1) is 29.0. The summed E-state index contributed by atoms with van der Waals surface area (Å²) in [5, 5.41) is 0.628. The van der Waals surface area contributed by atoms with Crippen molar-refractivity contribution >= 4 is 28.7 Å². The van der Waals surface area contributed by atoms with Gasteiger partial charge in [-0.3, -0.25) is 19.0 Å². The largest absolute Gasteiger partial charge is 0.497 e. The number of aromatic nitrogens is 1. The van der Waals surface area contributed by atoms with Gasteiger partial charge in [0.15, 0.2) is 11.5 Å². The van der Waals surface area contributed by atoms with Crippen LogP contribution in [0.2, 0.25) is 0 Å². The molecule has 0 saturated heterocycles. The van der Waals surface area contributed by atoms with Gasteiger partial charge in [0.2, 0.25) is 5.75 Å². The van der Waals surface area contributed by atoms with Crippen molar-refractivity contribution in [1.29, 1.82) is 0 Å². The van der Waals surface area contributed by atoms with Gasteiger partial charge >= 0.3 is 11.9 Å². The minimum Gasteiger partial charge on any atom is -0.497 e. The van der Waals surface area contributed by atoms with Crippen molar-refractivity contribution in [3.63, 3.8) is 0 Å². The van der Waals surface area contributed by atoms with E-state index in [1.54, 1.807) is 67.6 Å². The molecule has 0 bridgehead atoms. The molecule has 0 aliphatic rings. The number of fused-ring (bicyclic) bond motifs is 1. The molecule has 4 aromatic rings. The maximum absolute atomic E-state index is 14.0. The number of rotatable bonds is 10. The molecule has 0 aliphatic carbocycles. The highest BCUT2D eigenvalue weighted by Crippen LogP contribution is 2.39. The third-order valence-electron chi connectivity index (χ3n) is 6.56. The fourth-order valence-corrected chi connectivity index (χ4v) is 4.63. The number of nitrogens with zero attached hydrogens (tertiary/aromatic N) is 1. The third-order valence-corrected chi connectivity index (χ3v) is 6.56. The second kappa shape index (κ2) is 12.5. The molecule has 0 spiro atoms. The average Bonchev–Trinajstić information content (AvgIpc) is 3.25. The second-order valence-corrected chi connectivity index (χ2v) is 9.02. The molecule has 4 rings (SSSR count). The van der Waals surface area contributed by atoms with Gasteiger partial charge in [0, 0.05) is 29.1 Å². The fourth-order valence-electron chi connectivity index (χ4n) is 4.63. The number of carbonyl (C=O) groups is 3. The van der Waals surface area contributed by atoms with Crippen LogP contribution in [0.1, 0.15) is 40.4 Å². The van der Waals surface area contributed by atoms with Crippen LogP contribution in [0.5, 0.6) is 23.0 Å². The van der Waals surface area contributed by atoms with Crippen molar-refractivity contribution in [1.82, 2.24) is 4.57 Å². The molecule has 214 valence electrons. The topological polar surface area (TPSA) is 112 Å². The SMILES string of the molecule is COc1ccc2c(c1)c(CC(=O)OC(OC(C)=O)c1ccccc1)c(C)n2C(=O)c1cc(OC)c(OC)c(OC)c1. The van der Waals surface area contributed by atoms with Crippen LogP contribution in [-0.2, 0) is 25.5 Å². The highest BCUT2D eigenvalue weighted by molar-refractivity contribution is 6.05. The quantitative estimate of drug-likeness (QED) is 0.195. The van der Waals surface area contributed by atoms with E-state index in [9.17, 15) is 14.4 Å². The number of hydrogen-bond donors (Lipinski definition) is 0. The van der Waals surface area contributed by atoms with Gasteiger partial charge in [-0.05, 0) is 42.8 Å². The molecule has 0 aliphatic heterocycles. The summed E-state index contributed by atoms with van der Waals surface area (Å²) in [5.41, 5.74) is 2.43. The standard InChI is InChI=1S/C31H31NO9/c1-18-23(17-28(34)41-31(40-19(2)33)20-10-8-7-9-11-20)24-16-22(36-3)12-13-25(24)32(18)30(35)21-14-26(37-4)29(39-6)27(15-21)38-5/h7-16,31H,17H2,1-6H3. The van der Waals surface area contributed by atoms with Crippen LogP contribution in [0.15, 0.2) is 60.7 Å². The molecule has 0 amide bonds. The highest BCUT2D eigenvalue weighted by atomic mass is 16.7. The number of hydrogen-bond acceptors (Lipinski definition) is 9. The molecule has 10 nitrogen and oxygen atoms in total. The van der Waals surface area contributed by atoms with E-state index in [0.29, 0.717) is 50.7 Å². The Bertz CT molecular complexity index is 1570. The number of esters is 2. The van der Waals surface area contributed by atoms with Crippen LogP contribution in [-0.4, -0.2) is 50.9 Å². The summed E-state index contributed by atoms with van der Waals surface area (Å²) in [6.07, 6.45) is -1.42. The lowest BCUT2D eigenvalue weighted by molar-refractivity contribution is -0.187. The lowest BCUT2D eigenvalue weighted by atomic mass is 10.1. The minimum atomic E-state index is -1.22. The summed E-state index contributed by atoms with van der Waals surface area (Å²) in [7, 11) is 5.95. The summed E-state index contributed by atoms with van der Waals surface area (Å²) in [4.78, 5) is 38.9. The Kier molecular flexibility index (Phi) is 8.81. The smallest absolute Gasteiger partial charge is 0.313 e. The lowest BCUT2D eigenvalue weighted by Gasteiger charge is -2.18. The Morgan fingerprint density at radius 2 is 1.46 bits per heavy atom. The van der Waals surface area contributed by atoms with E-state index in [2.05, 4.69) is 0 Å². The van der Waals surface area contributed by atoms with E-state index in [0.717, 1.165) is 0 Å². The van der Waals surface area contributed by atoms with Crippen LogP contribution in [0, 0.1) is 6.92 Å². The van der Waals surface area contributed by atoms with Gasteiger partial charge in [0.05, 0.1) is 40.4 Å². The van der Waals surface area contributed by atoms with Crippen molar-refractivity contribution in [2.75, 3.05) is 28.4 Å². The molecule has 0 N–H and O–H groups in total. The van der Waals surface area contributed by atoms with Gasteiger partial charge in [-0.2, -0.15) is 0 Å². The maximum atomic E-state index is 14.0. The molecule has 1 unspecified atom stereocenters. The minimum absolute atomic E-state index is 0.199. The van der Waals surface area contributed by atoms with Crippen LogP contribution >= 0.6 is 0 Å². The van der Waals surface area contributed by atoms with Gasteiger partial charge in [-0.25, -0.2) is 0 Å². The molecule has 3 aromatic carbocycles. The molecule has 1 aromatic heterocycles. The molecule has 0 fully saturated rings. The molecule has 1 atom stereocenters. The van der Waals surface area contributed by atoms with E-state index in [4.69, 9.17) is 28.4 Å². The van der Waals surface area contributed by atoms with E-state index in [-0.39, 0.29) is 17.9 Å². The van der Waals surface area contributed by atoms with Crippen molar-refractivity contribution < 1.29 is 42.8 Å². The van der Waals surface area contributed by atoms with Crippen molar-refractivity contribution in [2.45, 2.75) is 26.6 Å². The van der Waals surface area contributed by atoms with E-state index >= 15 is 0 Å². The van der Waals surface area contributed by atoms with Crippen molar-refractivity contribution in [2.24, 2.45) is 0 Å². The lowest BCUT2D eigenvalue weighted by Crippen LogP contribution is -2.19. The maximum Gasteiger partial charge on any atom is 0.313 e. The fraction of sp³-hybridized carbons (Fsp3) is 0.258. The van der Waals surface area contributed by atoms with Crippen LogP contribution in [0.3, 0.4) is 0 Å². The van der Waals surface area contributed by atoms with E-state index < -0.39 is 18.2 Å². The predicted octanol–water partition coefficient (Wildman–Crippen LogP) is 5.02. The Morgan fingerprint density at radius 1 is 0.805 bits per heavy atom. The zero-order valence-electron chi connectivity index (χ0n) is 23.7. The average molecular weight is 562 g/mol. The molecule has 41 heavy (non-hydrogen) atoms. The summed E-state index contributed by atoms with van der Waals surface area (Å²) in [5.74, 6) is -0.0652. The van der Waals surface area contributed by atoms with E-state index in [1.165, 1.54) is 39.9 Å². The van der Waals surface area contributed by atoms with Crippen LogP contribution < -0.4 is 18.9 Å². The summed E-state index contributed by atoms with van der Waals surface area (Å²) in [6.45, 7) is 2.98. The predicted molar refractivity (Wildman–Crippen MR) is 150 cm³/mol. The summed E-state index contributed by atoms with van der Waals surface area (Å²) in [6, 6.07) is 17.0. The van der Waals surface area contributed by atoms with Gasteiger partial charge in [0.25, 0.3) is 12.2 Å². The third kappa shape index (κ3) is 5.96. The first-order valence-corrected chi connectivity index (χ1v) is 12.7. The van der Waals surface area contributed by atoms with Crippen LogP contribution in [0.25, 0.3) is 10.9 Å². The highest BCUT2D eigenvalue weighted by Gasteiger charge is 2.26. The van der Waals surface area contributed by atoms with Crippen molar-refractivity contribution in [3.05, 3.63) is 83.0 Å². The van der Waals surface area contributed by atoms with Gasteiger partial charge in [-0.15, -0.1) is 0 Å². The Hall–Kier alpha value is -4.99. The Balaban J connectivity index is 1.77. The Labute approximate surface area is 237 Å². The normalized spacial score (nSPS) is 11.5. The second-order valence-electron chi connectivity index (χ2n) is 9.02. The first-order valence-electron chi connectivity index (χ1n) is 12.7. The molecule has 1 heterocycles. The van der Waals surface area contributed by atoms with Gasteiger partial charge in [-0.1, -0.05) is 30.3 Å². The molecular formula is C31H31NO9. The Morgan fingerprint density at radius 3 is 2.02 bits per heavy atom. The zero-order chi connectivity index (χ0) is 29.7. The summed E-state index contributed by atoms with van der Waals surface area (Å²) >= 11 is 0.